The molecule has 1 aromatic rings. The summed E-state index contributed by atoms with van der Waals surface area (Å²) in [5, 5.41) is 8.95. The van der Waals surface area contributed by atoms with Gasteiger partial charge < -0.3 is 10.0 Å². The lowest BCUT2D eigenvalue weighted by molar-refractivity contribution is -0.128. The van der Waals surface area contributed by atoms with Crippen LogP contribution < -0.4 is 0 Å². The molecule has 2 rings (SSSR count). The highest BCUT2D eigenvalue weighted by atomic mass is 16.4. The van der Waals surface area contributed by atoms with E-state index in [4.69, 9.17) is 5.11 Å². The molecule has 4 nitrogen and oxygen atoms in total. The number of benzene rings is 1. The first-order valence-corrected chi connectivity index (χ1v) is 9.45. The average Bonchev–Trinajstić information content (AvgIpc) is 2.97. The van der Waals surface area contributed by atoms with E-state index in [1.807, 2.05) is 17.0 Å². The number of likely N-dealkylation sites (tertiary alicyclic amines) is 1. The van der Waals surface area contributed by atoms with Gasteiger partial charge in [0, 0.05) is 13.0 Å². The minimum Gasteiger partial charge on any atom is -0.478 e. The van der Waals surface area contributed by atoms with E-state index < -0.39 is 5.97 Å². The molecule has 0 aromatic heterocycles. The number of rotatable bonds is 9. The number of allylic oxidation sites excluding steroid dienone is 3. The van der Waals surface area contributed by atoms with Crippen LogP contribution in [0.4, 0.5) is 0 Å². The van der Waals surface area contributed by atoms with Crippen LogP contribution in [0.5, 0.6) is 0 Å². The Morgan fingerprint density at radius 3 is 2.69 bits per heavy atom. The number of carboxylic acids is 1. The Hall–Kier alpha value is -2.36. The van der Waals surface area contributed by atoms with Crippen molar-refractivity contribution in [1.82, 2.24) is 4.90 Å². The normalized spacial score (nSPS) is 18.1. The fraction of sp³-hybridized carbons (Fsp3) is 0.455. The summed E-state index contributed by atoms with van der Waals surface area (Å²) in [6.45, 7) is 4.99. The summed E-state index contributed by atoms with van der Waals surface area (Å²) in [7, 11) is 0. The van der Waals surface area contributed by atoms with Crippen LogP contribution in [0.3, 0.4) is 0 Å². The lowest BCUT2D eigenvalue weighted by Gasteiger charge is -2.22. The molecule has 1 aliphatic rings. The van der Waals surface area contributed by atoms with E-state index in [-0.39, 0.29) is 11.9 Å². The van der Waals surface area contributed by atoms with E-state index in [1.54, 1.807) is 12.1 Å². The minimum absolute atomic E-state index is 0.191. The second-order valence-electron chi connectivity index (χ2n) is 6.87. The maximum absolute atomic E-state index is 12.2. The van der Waals surface area contributed by atoms with E-state index in [1.165, 1.54) is 5.57 Å². The molecule has 0 saturated carbocycles. The number of carboxylic acid groups (broad SMARTS) is 1. The molecule has 1 fully saturated rings. The minimum atomic E-state index is -0.916. The smallest absolute Gasteiger partial charge is 0.335 e. The highest BCUT2D eigenvalue weighted by Crippen LogP contribution is 2.21. The molecular weight excluding hydrogens is 326 g/mol. The van der Waals surface area contributed by atoms with Crippen molar-refractivity contribution in [3.8, 4) is 0 Å². The molecule has 1 atom stereocenters. The molecule has 1 aromatic carbocycles. The zero-order valence-electron chi connectivity index (χ0n) is 15.8. The van der Waals surface area contributed by atoms with Crippen LogP contribution >= 0.6 is 0 Å². The zero-order valence-corrected chi connectivity index (χ0v) is 15.8. The maximum Gasteiger partial charge on any atom is 0.335 e. The van der Waals surface area contributed by atoms with Gasteiger partial charge in [-0.15, -0.1) is 0 Å². The van der Waals surface area contributed by atoms with Crippen molar-refractivity contribution in [2.75, 3.05) is 6.54 Å². The largest absolute Gasteiger partial charge is 0.478 e. The van der Waals surface area contributed by atoms with Crippen molar-refractivity contribution in [2.24, 2.45) is 0 Å². The molecule has 1 saturated heterocycles. The summed E-state index contributed by atoms with van der Waals surface area (Å²) >= 11 is 0. The molecular formula is C22H29NO3. The van der Waals surface area contributed by atoms with Crippen molar-refractivity contribution in [3.05, 3.63) is 59.2 Å². The first-order valence-electron chi connectivity index (χ1n) is 9.45. The third-order valence-electron chi connectivity index (χ3n) is 4.83. The summed E-state index contributed by atoms with van der Waals surface area (Å²) in [4.78, 5) is 25.0. The Morgan fingerprint density at radius 1 is 1.31 bits per heavy atom. The fourth-order valence-corrected chi connectivity index (χ4v) is 3.32. The van der Waals surface area contributed by atoms with Crippen LogP contribution in [0, 0.1) is 0 Å². The molecule has 1 N–H and O–H groups in total. The van der Waals surface area contributed by atoms with Gasteiger partial charge in [0.15, 0.2) is 0 Å². The predicted molar refractivity (Wildman–Crippen MR) is 104 cm³/mol. The number of carbonyl (C=O) groups excluding carboxylic acids is 1. The van der Waals surface area contributed by atoms with Gasteiger partial charge in [-0.3, -0.25) is 4.79 Å². The van der Waals surface area contributed by atoms with E-state index in [0.717, 1.165) is 37.7 Å². The number of hydrogen-bond acceptors (Lipinski definition) is 2. The van der Waals surface area contributed by atoms with Gasteiger partial charge in [-0.25, -0.2) is 4.79 Å². The molecule has 1 amide bonds. The number of nitrogens with zero attached hydrogens (tertiary/aromatic N) is 1. The maximum atomic E-state index is 12.2. The molecule has 0 bridgehead atoms. The van der Waals surface area contributed by atoms with Crippen molar-refractivity contribution in [1.29, 1.82) is 0 Å². The number of hydrogen-bond donors (Lipinski definition) is 1. The lowest BCUT2D eigenvalue weighted by atomic mass is 10.1. The van der Waals surface area contributed by atoms with Gasteiger partial charge in [0.05, 0.1) is 11.6 Å². The summed E-state index contributed by atoms with van der Waals surface area (Å²) in [6, 6.07) is 7.09. The van der Waals surface area contributed by atoms with E-state index in [9.17, 15) is 9.59 Å². The van der Waals surface area contributed by atoms with Crippen molar-refractivity contribution in [2.45, 2.75) is 58.4 Å². The lowest BCUT2D eigenvalue weighted by Crippen LogP contribution is -2.33. The molecule has 4 heteroatoms. The van der Waals surface area contributed by atoms with Gasteiger partial charge in [-0.2, -0.15) is 0 Å². The monoisotopic (exact) mass is 355 g/mol. The quantitative estimate of drug-likeness (QED) is 0.658. The van der Waals surface area contributed by atoms with Crippen LogP contribution in [-0.2, 0) is 11.2 Å². The highest BCUT2D eigenvalue weighted by molar-refractivity contribution is 5.87. The number of carbonyl (C=O) groups is 2. The van der Waals surface area contributed by atoms with Crippen LogP contribution in [0.1, 0.15) is 61.9 Å². The molecule has 1 unspecified atom stereocenters. The first kappa shape index (κ1) is 20.0. The molecule has 1 heterocycles. The second kappa shape index (κ2) is 9.95. The van der Waals surface area contributed by atoms with Crippen molar-refractivity contribution >= 4 is 11.9 Å². The highest BCUT2D eigenvalue weighted by Gasteiger charge is 2.28. The molecule has 0 aliphatic carbocycles. The molecule has 1 aliphatic heterocycles. The molecule has 0 spiro atoms. The van der Waals surface area contributed by atoms with Gasteiger partial charge in [-0.05, 0) is 56.7 Å². The van der Waals surface area contributed by atoms with E-state index in [2.05, 4.69) is 32.1 Å². The Morgan fingerprint density at radius 2 is 2.04 bits per heavy atom. The topological polar surface area (TPSA) is 57.6 Å². The van der Waals surface area contributed by atoms with Gasteiger partial charge in [0.1, 0.15) is 0 Å². The van der Waals surface area contributed by atoms with Crippen LogP contribution in [0.2, 0.25) is 0 Å². The SMILES string of the molecule is CC/C=C(\C)CC/C=C/C1CCC(=O)N1CCc1ccc(C(=O)O)cc1. The first-order chi connectivity index (χ1) is 12.5. The van der Waals surface area contributed by atoms with Gasteiger partial charge >= 0.3 is 5.97 Å². The Balaban J connectivity index is 1.86. The molecule has 140 valence electrons. The third kappa shape index (κ3) is 5.87. The number of amides is 1. The number of aromatic carboxylic acids is 1. The van der Waals surface area contributed by atoms with Crippen molar-refractivity contribution < 1.29 is 14.7 Å². The van der Waals surface area contributed by atoms with E-state index in [0.29, 0.717) is 18.5 Å². The van der Waals surface area contributed by atoms with Gasteiger partial charge in [-0.1, -0.05) is 42.9 Å². The summed E-state index contributed by atoms with van der Waals surface area (Å²) in [5.74, 6) is -0.704. The summed E-state index contributed by atoms with van der Waals surface area (Å²) in [5.41, 5.74) is 2.76. The predicted octanol–water partition coefficient (Wildman–Crippen LogP) is 4.61. The van der Waals surface area contributed by atoms with Crippen molar-refractivity contribution in [3.63, 3.8) is 0 Å². The summed E-state index contributed by atoms with van der Waals surface area (Å²) < 4.78 is 0. The fourth-order valence-electron chi connectivity index (χ4n) is 3.32. The van der Waals surface area contributed by atoms with Crippen LogP contribution in [0.15, 0.2) is 48.1 Å². The Labute approximate surface area is 156 Å². The third-order valence-corrected chi connectivity index (χ3v) is 4.83. The van der Waals surface area contributed by atoms with Crippen LogP contribution in [0.25, 0.3) is 0 Å². The summed E-state index contributed by atoms with van der Waals surface area (Å²) in [6.07, 6.45) is 12.0. The Bertz CT molecular complexity index is 673. The van der Waals surface area contributed by atoms with E-state index >= 15 is 0 Å². The standard InChI is InChI=1S/C22H29NO3/c1-3-6-17(2)7-4-5-8-20-13-14-21(24)23(20)16-15-18-9-11-19(12-10-18)22(25)26/h5-6,8-12,20H,3-4,7,13-16H2,1-2H3,(H,25,26)/b8-5+,17-6+. The Kier molecular flexibility index (Phi) is 7.64. The molecule has 0 radical (unpaired) electrons. The second-order valence-corrected chi connectivity index (χ2v) is 6.87. The van der Waals surface area contributed by atoms with Crippen LogP contribution in [-0.4, -0.2) is 34.5 Å². The van der Waals surface area contributed by atoms with Gasteiger partial charge in [0.25, 0.3) is 0 Å². The molecule has 26 heavy (non-hydrogen) atoms. The zero-order chi connectivity index (χ0) is 18.9. The van der Waals surface area contributed by atoms with Gasteiger partial charge in [0.2, 0.25) is 5.91 Å². The average molecular weight is 355 g/mol.